The van der Waals surface area contributed by atoms with Gasteiger partial charge in [0, 0.05) is 30.7 Å². The van der Waals surface area contributed by atoms with Crippen molar-refractivity contribution in [1.82, 2.24) is 10.2 Å². The molecule has 1 aliphatic heterocycles. The average Bonchev–Trinajstić information content (AvgIpc) is 3.33. The minimum absolute atomic E-state index is 0.182. The number of hydrogen-bond acceptors (Lipinski definition) is 2. The van der Waals surface area contributed by atoms with Crippen LogP contribution in [0.4, 0.5) is 0 Å². The predicted octanol–water partition coefficient (Wildman–Crippen LogP) is 3.76. The molecule has 0 bridgehead atoms. The summed E-state index contributed by atoms with van der Waals surface area (Å²) in [5.41, 5.74) is 2.10. The van der Waals surface area contributed by atoms with Crippen LogP contribution in [0, 0.1) is 0 Å². The zero-order valence-electron chi connectivity index (χ0n) is 14.2. The Morgan fingerprint density at radius 3 is 2.52 bits per heavy atom. The minimum atomic E-state index is -0.322. The fourth-order valence-corrected chi connectivity index (χ4v) is 3.93. The molecular formula is C21H23ClN2O. The van der Waals surface area contributed by atoms with E-state index in [-0.39, 0.29) is 17.4 Å². The number of carbonyl (C=O) groups excluding carboxylic acids is 1. The minimum Gasteiger partial charge on any atom is -0.351 e. The van der Waals surface area contributed by atoms with Gasteiger partial charge in [0.2, 0.25) is 5.91 Å². The molecule has 25 heavy (non-hydrogen) atoms. The molecule has 0 spiro atoms. The van der Waals surface area contributed by atoms with Crippen molar-refractivity contribution in [2.45, 2.75) is 37.3 Å². The largest absolute Gasteiger partial charge is 0.351 e. The Bertz CT molecular complexity index is 740. The van der Waals surface area contributed by atoms with E-state index in [9.17, 15) is 4.79 Å². The fourth-order valence-electron chi connectivity index (χ4n) is 3.80. The molecule has 3 nitrogen and oxygen atoms in total. The van der Waals surface area contributed by atoms with Crippen molar-refractivity contribution < 1.29 is 4.79 Å². The Balaban J connectivity index is 1.35. The van der Waals surface area contributed by atoms with Gasteiger partial charge in [-0.15, -0.1) is 0 Å². The highest BCUT2D eigenvalue weighted by molar-refractivity contribution is 6.30. The van der Waals surface area contributed by atoms with Gasteiger partial charge in [-0.2, -0.15) is 0 Å². The number of hydrogen-bond donors (Lipinski definition) is 1. The van der Waals surface area contributed by atoms with E-state index in [4.69, 9.17) is 11.6 Å². The second-order valence-corrected chi connectivity index (χ2v) is 7.71. The van der Waals surface area contributed by atoms with Crippen LogP contribution >= 0.6 is 11.6 Å². The summed E-state index contributed by atoms with van der Waals surface area (Å²) in [6.45, 7) is 2.92. The van der Waals surface area contributed by atoms with Crippen molar-refractivity contribution in [2.75, 3.05) is 13.1 Å². The monoisotopic (exact) mass is 354 g/mol. The molecule has 1 aliphatic carbocycles. The van der Waals surface area contributed by atoms with Crippen LogP contribution in [0.5, 0.6) is 0 Å². The van der Waals surface area contributed by atoms with E-state index >= 15 is 0 Å². The maximum Gasteiger partial charge on any atom is 0.230 e. The Labute approximate surface area is 154 Å². The average molecular weight is 355 g/mol. The molecule has 1 atom stereocenters. The highest BCUT2D eigenvalue weighted by Crippen LogP contribution is 2.48. The fraction of sp³-hybridized carbons (Fsp3) is 0.381. The number of amides is 1. The summed E-state index contributed by atoms with van der Waals surface area (Å²) in [5, 5.41) is 4.01. The molecule has 1 unspecified atom stereocenters. The van der Waals surface area contributed by atoms with Crippen LogP contribution in [0.3, 0.4) is 0 Å². The normalized spacial score (nSPS) is 21.9. The third-order valence-electron chi connectivity index (χ3n) is 5.44. The Hall–Kier alpha value is -1.84. The number of rotatable bonds is 5. The predicted molar refractivity (Wildman–Crippen MR) is 101 cm³/mol. The first kappa shape index (κ1) is 16.6. The van der Waals surface area contributed by atoms with Gasteiger partial charge in [-0.25, -0.2) is 0 Å². The summed E-state index contributed by atoms with van der Waals surface area (Å²) in [7, 11) is 0. The summed E-state index contributed by atoms with van der Waals surface area (Å²) < 4.78 is 0. The Kier molecular flexibility index (Phi) is 4.53. The number of halogens is 1. The van der Waals surface area contributed by atoms with E-state index in [0.29, 0.717) is 5.02 Å². The standard InChI is InChI=1S/C21H23ClN2O/c22-18-8-6-17(7-9-18)21(11-12-21)20(25)23-19-10-13-24(15-19)14-16-4-2-1-3-5-16/h1-9,19H,10-15H2,(H,23,25). The molecule has 1 saturated carbocycles. The zero-order valence-corrected chi connectivity index (χ0v) is 15.0. The second-order valence-electron chi connectivity index (χ2n) is 7.27. The van der Waals surface area contributed by atoms with Crippen LogP contribution < -0.4 is 5.32 Å². The van der Waals surface area contributed by atoms with Crippen LogP contribution in [0.25, 0.3) is 0 Å². The maximum absolute atomic E-state index is 12.9. The van der Waals surface area contributed by atoms with Gasteiger partial charge in [0.25, 0.3) is 0 Å². The lowest BCUT2D eigenvalue weighted by atomic mass is 9.94. The van der Waals surface area contributed by atoms with Gasteiger partial charge >= 0.3 is 0 Å². The molecule has 1 N–H and O–H groups in total. The van der Waals surface area contributed by atoms with E-state index in [2.05, 4.69) is 34.5 Å². The third-order valence-corrected chi connectivity index (χ3v) is 5.69. The van der Waals surface area contributed by atoms with E-state index in [0.717, 1.165) is 44.5 Å². The van der Waals surface area contributed by atoms with Gasteiger partial charge in [-0.3, -0.25) is 9.69 Å². The zero-order chi connectivity index (χ0) is 17.3. The number of nitrogens with one attached hydrogen (secondary N) is 1. The van der Waals surface area contributed by atoms with Gasteiger partial charge in [0.05, 0.1) is 5.41 Å². The lowest BCUT2D eigenvalue weighted by Gasteiger charge is -2.20. The van der Waals surface area contributed by atoms with Crippen LogP contribution in [0.15, 0.2) is 54.6 Å². The van der Waals surface area contributed by atoms with Gasteiger partial charge in [-0.05, 0) is 42.5 Å². The topological polar surface area (TPSA) is 32.3 Å². The van der Waals surface area contributed by atoms with E-state index in [1.807, 2.05) is 30.3 Å². The quantitative estimate of drug-likeness (QED) is 0.886. The molecule has 1 saturated heterocycles. The van der Waals surface area contributed by atoms with Gasteiger partial charge in [0.1, 0.15) is 0 Å². The van der Waals surface area contributed by atoms with Crippen molar-refractivity contribution in [3.05, 3.63) is 70.7 Å². The molecular weight excluding hydrogens is 332 g/mol. The first-order valence-electron chi connectivity index (χ1n) is 8.99. The first-order chi connectivity index (χ1) is 12.2. The molecule has 2 fully saturated rings. The summed E-state index contributed by atoms with van der Waals surface area (Å²) in [6, 6.07) is 18.5. The van der Waals surface area contributed by atoms with E-state index in [1.54, 1.807) is 0 Å². The third kappa shape index (κ3) is 3.58. The molecule has 4 heteroatoms. The number of likely N-dealkylation sites (tertiary alicyclic amines) is 1. The summed E-state index contributed by atoms with van der Waals surface area (Å²) in [6.07, 6.45) is 2.89. The smallest absolute Gasteiger partial charge is 0.230 e. The maximum atomic E-state index is 12.9. The van der Waals surface area contributed by atoms with Crippen LogP contribution in [-0.2, 0) is 16.8 Å². The molecule has 2 aromatic rings. The Morgan fingerprint density at radius 1 is 1.12 bits per heavy atom. The molecule has 1 amide bonds. The summed E-state index contributed by atoms with van der Waals surface area (Å²) >= 11 is 5.98. The van der Waals surface area contributed by atoms with Gasteiger partial charge < -0.3 is 5.32 Å². The van der Waals surface area contributed by atoms with Crippen LogP contribution in [-0.4, -0.2) is 29.9 Å². The molecule has 0 aromatic heterocycles. The van der Waals surface area contributed by atoms with Crippen LogP contribution in [0.1, 0.15) is 30.4 Å². The highest BCUT2D eigenvalue weighted by Gasteiger charge is 2.51. The van der Waals surface area contributed by atoms with Crippen LogP contribution in [0.2, 0.25) is 5.02 Å². The SMILES string of the molecule is O=C(NC1CCN(Cc2ccccc2)C1)C1(c2ccc(Cl)cc2)CC1. The van der Waals surface area contributed by atoms with Gasteiger partial charge in [0.15, 0.2) is 0 Å². The number of benzene rings is 2. The molecule has 2 aliphatic rings. The van der Waals surface area contributed by atoms with Crippen molar-refractivity contribution in [3.8, 4) is 0 Å². The number of carbonyl (C=O) groups is 1. The second kappa shape index (κ2) is 6.81. The number of nitrogens with zero attached hydrogens (tertiary/aromatic N) is 1. The summed E-state index contributed by atoms with van der Waals surface area (Å²) in [4.78, 5) is 15.3. The van der Waals surface area contributed by atoms with Crippen molar-refractivity contribution in [3.63, 3.8) is 0 Å². The van der Waals surface area contributed by atoms with Gasteiger partial charge in [-0.1, -0.05) is 54.1 Å². The first-order valence-corrected chi connectivity index (χ1v) is 9.37. The lowest BCUT2D eigenvalue weighted by molar-refractivity contribution is -0.124. The molecule has 4 rings (SSSR count). The van der Waals surface area contributed by atoms with E-state index in [1.165, 1.54) is 5.56 Å². The van der Waals surface area contributed by atoms with Crippen molar-refractivity contribution >= 4 is 17.5 Å². The molecule has 0 radical (unpaired) electrons. The molecule has 2 aromatic carbocycles. The molecule has 1 heterocycles. The molecule has 130 valence electrons. The lowest BCUT2D eigenvalue weighted by Crippen LogP contribution is -2.42. The van der Waals surface area contributed by atoms with Crippen molar-refractivity contribution in [1.29, 1.82) is 0 Å². The highest BCUT2D eigenvalue weighted by atomic mass is 35.5. The van der Waals surface area contributed by atoms with E-state index < -0.39 is 0 Å². The van der Waals surface area contributed by atoms with Crippen molar-refractivity contribution in [2.24, 2.45) is 0 Å². The summed E-state index contributed by atoms with van der Waals surface area (Å²) in [5.74, 6) is 0.182. The Morgan fingerprint density at radius 2 is 1.84 bits per heavy atom.